The quantitative estimate of drug-likeness (QED) is 0.739. The molecule has 1 heterocycles. The lowest BCUT2D eigenvalue weighted by Gasteiger charge is -2.20. The summed E-state index contributed by atoms with van der Waals surface area (Å²) in [5.41, 5.74) is 3.93. The lowest BCUT2D eigenvalue weighted by molar-refractivity contribution is -0.119. The highest BCUT2D eigenvalue weighted by Gasteiger charge is 2.19. The fraction of sp³-hybridized carbons (Fsp3) is 0.154. The molecule has 0 fully saturated rings. The zero-order valence-corrected chi connectivity index (χ0v) is 8.71. The van der Waals surface area contributed by atoms with E-state index < -0.39 is 0 Å². The maximum atomic E-state index is 11.3. The molecule has 1 aromatic carbocycles. The summed E-state index contributed by atoms with van der Waals surface area (Å²) in [4.78, 5) is 11.3. The van der Waals surface area contributed by atoms with Crippen LogP contribution in [-0.4, -0.2) is 5.91 Å². The molecular formula is C13H13NO. The molecule has 0 unspecified atom stereocenters. The van der Waals surface area contributed by atoms with E-state index in [4.69, 9.17) is 0 Å². The van der Waals surface area contributed by atoms with Crippen molar-refractivity contribution in [3.63, 3.8) is 0 Å². The summed E-state index contributed by atoms with van der Waals surface area (Å²) in [7, 11) is 0. The van der Waals surface area contributed by atoms with Gasteiger partial charge in [0.2, 0.25) is 5.91 Å². The van der Waals surface area contributed by atoms with Crippen molar-refractivity contribution in [2.45, 2.75) is 13.3 Å². The minimum Gasteiger partial charge on any atom is -0.326 e. The number of nitrogens with one attached hydrogen (secondary N) is 1. The van der Waals surface area contributed by atoms with Gasteiger partial charge in [-0.15, -0.1) is 0 Å². The summed E-state index contributed by atoms with van der Waals surface area (Å²) in [5, 5.41) is 2.77. The third kappa shape index (κ3) is 1.71. The molecule has 1 aromatic rings. The number of allylic oxidation sites excluding steroid dienone is 1. The van der Waals surface area contributed by atoms with E-state index >= 15 is 0 Å². The van der Waals surface area contributed by atoms with Gasteiger partial charge in [-0.3, -0.25) is 4.79 Å². The first-order chi connectivity index (χ1) is 7.22. The van der Waals surface area contributed by atoms with Gasteiger partial charge in [-0.1, -0.05) is 36.9 Å². The lowest BCUT2D eigenvalue weighted by atomic mass is 9.93. The summed E-state index contributed by atoms with van der Waals surface area (Å²) < 4.78 is 0. The van der Waals surface area contributed by atoms with Gasteiger partial charge in [0.25, 0.3) is 0 Å². The van der Waals surface area contributed by atoms with E-state index in [2.05, 4.69) is 11.9 Å². The van der Waals surface area contributed by atoms with Gasteiger partial charge in [-0.2, -0.15) is 0 Å². The molecule has 1 amide bonds. The highest BCUT2D eigenvalue weighted by atomic mass is 16.1. The van der Waals surface area contributed by atoms with Crippen molar-refractivity contribution in [3.05, 3.63) is 47.5 Å². The molecular weight excluding hydrogens is 186 g/mol. The van der Waals surface area contributed by atoms with Gasteiger partial charge in [-0.05, 0) is 18.1 Å². The first-order valence-corrected chi connectivity index (χ1v) is 4.96. The predicted octanol–water partition coefficient (Wildman–Crippen LogP) is 2.36. The van der Waals surface area contributed by atoms with Gasteiger partial charge in [0.05, 0.1) is 6.42 Å². The summed E-state index contributed by atoms with van der Waals surface area (Å²) >= 11 is 0. The average Bonchev–Trinajstić information content (AvgIpc) is 2.17. The SMILES string of the molecule is C=C1NC(=O)Cc2cccc(/C=C\C)c21. The molecule has 0 atom stereocenters. The summed E-state index contributed by atoms with van der Waals surface area (Å²) in [6.45, 7) is 5.86. The largest absolute Gasteiger partial charge is 0.326 e. The molecule has 1 aliphatic heterocycles. The number of carbonyl (C=O) groups excluding carboxylic acids is 1. The Kier molecular flexibility index (Phi) is 2.42. The molecule has 0 radical (unpaired) electrons. The van der Waals surface area contributed by atoms with Crippen molar-refractivity contribution in [1.29, 1.82) is 0 Å². The number of carbonyl (C=O) groups is 1. The van der Waals surface area contributed by atoms with E-state index in [-0.39, 0.29) is 5.91 Å². The van der Waals surface area contributed by atoms with Gasteiger partial charge in [0, 0.05) is 11.3 Å². The van der Waals surface area contributed by atoms with E-state index in [1.807, 2.05) is 37.3 Å². The maximum Gasteiger partial charge on any atom is 0.228 e. The van der Waals surface area contributed by atoms with Crippen molar-refractivity contribution < 1.29 is 4.79 Å². The van der Waals surface area contributed by atoms with Crippen molar-refractivity contribution in [1.82, 2.24) is 5.32 Å². The third-order valence-corrected chi connectivity index (χ3v) is 2.47. The van der Waals surface area contributed by atoms with Gasteiger partial charge in [-0.25, -0.2) is 0 Å². The third-order valence-electron chi connectivity index (χ3n) is 2.47. The molecule has 15 heavy (non-hydrogen) atoms. The monoisotopic (exact) mass is 199 g/mol. The molecule has 0 aliphatic carbocycles. The van der Waals surface area contributed by atoms with Crippen LogP contribution in [0.25, 0.3) is 11.8 Å². The second-order valence-corrected chi connectivity index (χ2v) is 3.58. The second-order valence-electron chi connectivity index (χ2n) is 3.58. The van der Waals surface area contributed by atoms with Crippen molar-refractivity contribution in [2.75, 3.05) is 0 Å². The molecule has 1 N–H and O–H groups in total. The normalized spacial score (nSPS) is 15.3. The number of rotatable bonds is 1. The summed E-state index contributed by atoms with van der Waals surface area (Å²) in [5.74, 6) is 0.0186. The molecule has 0 spiro atoms. The molecule has 76 valence electrons. The van der Waals surface area contributed by atoms with E-state index in [1.165, 1.54) is 0 Å². The molecule has 2 rings (SSSR count). The van der Waals surface area contributed by atoms with E-state index in [1.54, 1.807) is 0 Å². The molecule has 0 bridgehead atoms. The molecule has 2 heteroatoms. The fourth-order valence-corrected chi connectivity index (χ4v) is 1.90. The van der Waals surface area contributed by atoms with Gasteiger partial charge in [0.15, 0.2) is 0 Å². The Balaban J connectivity index is 2.59. The Hall–Kier alpha value is -1.83. The molecule has 2 nitrogen and oxygen atoms in total. The smallest absolute Gasteiger partial charge is 0.228 e. The summed E-state index contributed by atoms with van der Waals surface area (Å²) in [6, 6.07) is 5.98. The maximum absolute atomic E-state index is 11.3. The van der Waals surface area contributed by atoms with Crippen LogP contribution in [0.5, 0.6) is 0 Å². The predicted molar refractivity (Wildman–Crippen MR) is 62.0 cm³/mol. The number of amides is 1. The van der Waals surface area contributed by atoms with Gasteiger partial charge < -0.3 is 5.32 Å². The topological polar surface area (TPSA) is 29.1 Å². The van der Waals surface area contributed by atoms with Gasteiger partial charge >= 0.3 is 0 Å². The van der Waals surface area contributed by atoms with Crippen LogP contribution >= 0.6 is 0 Å². The zero-order chi connectivity index (χ0) is 10.8. The Morgan fingerprint density at radius 3 is 3.00 bits per heavy atom. The molecule has 1 aliphatic rings. The van der Waals surface area contributed by atoms with Crippen LogP contribution in [0.4, 0.5) is 0 Å². The Morgan fingerprint density at radius 1 is 1.47 bits per heavy atom. The van der Waals surface area contributed by atoms with Crippen molar-refractivity contribution in [2.24, 2.45) is 0 Å². The first kappa shape index (κ1) is 9.71. The van der Waals surface area contributed by atoms with Crippen molar-refractivity contribution >= 4 is 17.7 Å². The van der Waals surface area contributed by atoms with Crippen LogP contribution < -0.4 is 5.32 Å². The lowest BCUT2D eigenvalue weighted by Crippen LogP contribution is -2.29. The van der Waals surface area contributed by atoms with Crippen LogP contribution in [0.15, 0.2) is 30.9 Å². The van der Waals surface area contributed by atoms with Crippen LogP contribution in [0.1, 0.15) is 23.6 Å². The average molecular weight is 199 g/mol. The highest BCUT2D eigenvalue weighted by Crippen LogP contribution is 2.25. The van der Waals surface area contributed by atoms with Crippen LogP contribution in [0.3, 0.4) is 0 Å². The standard InChI is InChI=1S/C13H13NO/c1-3-5-10-6-4-7-11-8-12(15)14-9(2)13(10)11/h3-7H,2,8H2,1H3,(H,14,15)/b5-3-. The molecule has 0 aromatic heterocycles. The van der Waals surface area contributed by atoms with Crippen LogP contribution in [0, 0.1) is 0 Å². The van der Waals surface area contributed by atoms with E-state index in [9.17, 15) is 4.79 Å². The van der Waals surface area contributed by atoms with Crippen molar-refractivity contribution in [3.8, 4) is 0 Å². The molecule has 0 saturated carbocycles. The minimum atomic E-state index is 0.0186. The van der Waals surface area contributed by atoms with E-state index in [0.29, 0.717) is 12.1 Å². The van der Waals surface area contributed by atoms with Gasteiger partial charge in [0.1, 0.15) is 0 Å². The minimum absolute atomic E-state index is 0.0186. The zero-order valence-electron chi connectivity index (χ0n) is 8.71. The van der Waals surface area contributed by atoms with E-state index in [0.717, 1.165) is 16.7 Å². The second kappa shape index (κ2) is 3.73. The number of hydrogen-bond acceptors (Lipinski definition) is 1. The van der Waals surface area contributed by atoms with Crippen LogP contribution in [0.2, 0.25) is 0 Å². The first-order valence-electron chi connectivity index (χ1n) is 4.96. The molecule has 0 saturated heterocycles. The number of hydrogen-bond donors (Lipinski definition) is 1. The Morgan fingerprint density at radius 2 is 2.27 bits per heavy atom. The van der Waals surface area contributed by atoms with Crippen LogP contribution in [-0.2, 0) is 11.2 Å². The number of fused-ring (bicyclic) bond motifs is 1. The summed E-state index contributed by atoms with van der Waals surface area (Å²) in [6.07, 6.45) is 4.46. The number of benzene rings is 1. The highest BCUT2D eigenvalue weighted by molar-refractivity contribution is 5.94. The Labute approximate surface area is 89.3 Å². The Bertz CT molecular complexity index is 458. The fourth-order valence-electron chi connectivity index (χ4n) is 1.90.